The molecule has 7 heteroatoms. The predicted molar refractivity (Wildman–Crippen MR) is 122 cm³/mol. The molecule has 0 fully saturated rings. The molecule has 0 aliphatic carbocycles. The van der Waals surface area contributed by atoms with Crippen LogP contribution in [0.25, 0.3) is 0 Å². The second kappa shape index (κ2) is 9.16. The molecule has 1 heterocycles. The molecule has 4 aromatic rings. The Morgan fingerprint density at radius 2 is 1.75 bits per heavy atom. The van der Waals surface area contributed by atoms with Gasteiger partial charge in [-0.1, -0.05) is 65.7 Å². The number of carbonyl (C=O) groups is 2. The summed E-state index contributed by atoms with van der Waals surface area (Å²) in [5.41, 5.74) is 3.31. The van der Waals surface area contributed by atoms with E-state index in [0.29, 0.717) is 33.9 Å². The third-order valence-corrected chi connectivity index (χ3v) is 5.32. The summed E-state index contributed by atoms with van der Waals surface area (Å²) >= 11 is 6.07. The Hall–Kier alpha value is -3.77. The van der Waals surface area contributed by atoms with Crippen LogP contribution in [0.3, 0.4) is 0 Å². The largest absolute Gasteiger partial charge is 0.319 e. The zero-order chi connectivity index (χ0) is 22.7. The summed E-state index contributed by atoms with van der Waals surface area (Å²) in [6.45, 7) is 2.26. The molecule has 1 aromatic heterocycles. The minimum absolute atomic E-state index is 0.225. The average molecular weight is 448 g/mol. The van der Waals surface area contributed by atoms with Crippen LogP contribution in [0.5, 0.6) is 0 Å². The van der Waals surface area contributed by atoms with E-state index in [1.54, 1.807) is 53.3 Å². The van der Waals surface area contributed by atoms with Gasteiger partial charge in [0.05, 0.1) is 24.0 Å². The van der Waals surface area contributed by atoms with E-state index in [2.05, 4.69) is 10.4 Å². The lowest BCUT2D eigenvalue weighted by Crippen LogP contribution is -2.16. The van der Waals surface area contributed by atoms with Crippen molar-refractivity contribution in [1.82, 2.24) is 9.78 Å². The summed E-state index contributed by atoms with van der Waals surface area (Å²) in [4.78, 5) is 25.9. The van der Waals surface area contributed by atoms with Crippen molar-refractivity contribution in [3.8, 4) is 0 Å². The first-order valence-corrected chi connectivity index (χ1v) is 10.3. The van der Waals surface area contributed by atoms with Gasteiger partial charge in [-0.05, 0) is 30.7 Å². The van der Waals surface area contributed by atoms with Gasteiger partial charge in [-0.25, -0.2) is 4.39 Å². The Bertz CT molecular complexity index is 1300. The van der Waals surface area contributed by atoms with Crippen LogP contribution in [0.2, 0.25) is 5.02 Å². The summed E-state index contributed by atoms with van der Waals surface area (Å²) in [5.74, 6) is -1.05. The fourth-order valence-electron chi connectivity index (χ4n) is 3.28. The third-order valence-electron chi connectivity index (χ3n) is 4.97. The summed E-state index contributed by atoms with van der Waals surface area (Å²) in [7, 11) is 0. The molecule has 160 valence electrons. The molecule has 0 saturated heterocycles. The van der Waals surface area contributed by atoms with Crippen LogP contribution in [-0.4, -0.2) is 21.5 Å². The van der Waals surface area contributed by atoms with E-state index in [4.69, 9.17) is 11.6 Å². The number of carbonyl (C=O) groups excluding carboxylic acids is 2. The van der Waals surface area contributed by atoms with Crippen LogP contribution in [0.4, 0.5) is 10.1 Å². The minimum Gasteiger partial charge on any atom is -0.319 e. The number of rotatable bonds is 6. The van der Waals surface area contributed by atoms with E-state index in [1.165, 1.54) is 18.3 Å². The first kappa shape index (κ1) is 21.5. The number of aryl methyl sites for hydroxylation is 1. The summed E-state index contributed by atoms with van der Waals surface area (Å²) < 4.78 is 14.8. The highest BCUT2D eigenvalue weighted by atomic mass is 35.5. The molecule has 0 aliphatic heterocycles. The Morgan fingerprint density at radius 1 is 1.03 bits per heavy atom. The van der Waals surface area contributed by atoms with Crippen molar-refractivity contribution >= 4 is 29.0 Å². The second-order valence-electron chi connectivity index (χ2n) is 7.36. The highest BCUT2D eigenvalue weighted by Gasteiger charge is 2.18. The monoisotopic (exact) mass is 447 g/mol. The van der Waals surface area contributed by atoms with Crippen molar-refractivity contribution in [2.24, 2.45) is 0 Å². The normalized spacial score (nSPS) is 10.7. The van der Waals surface area contributed by atoms with Gasteiger partial charge in [-0.15, -0.1) is 0 Å². The molecule has 32 heavy (non-hydrogen) atoms. The van der Waals surface area contributed by atoms with Crippen molar-refractivity contribution in [3.63, 3.8) is 0 Å². The molecule has 3 aromatic carbocycles. The fraction of sp³-hybridized carbons (Fsp3) is 0.0800. The van der Waals surface area contributed by atoms with E-state index in [9.17, 15) is 14.0 Å². The van der Waals surface area contributed by atoms with Gasteiger partial charge in [0.25, 0.3) is 5.91 Å². The topological polar surface area (TPSA) is 64.0 Å². The van der Waals surface area contributed by atoms with E-state index in [0.717, 1.165) is 5.56 Å². The Kier molecular flexibility index (Phi) is 6.14. The fourth-order valence-corrected chi connectivity index (χ4v) is 3.50. The molecule has 5 nitrogen and oxygen atoms in total. The number of benzene rings is 3. The summed E-state index contributed by atoms with van der Waals surface area (Å²) in [5, 5.41) is 7.29. The summed E-state index contributed by atoms with van der Waals surface area (Å²) in [6, 6.07) is 18.0. The predicted octanol–water partition coefficient (Wildman–Crippen LogP) is 5.52. The number of nitrogens with one attached hydrogen (secondary N) is 1. The van der Waals surface area contributed by atoms with E-state index in [-0.39, 0.29) is 11.3 Å². The number of nitrogens with zero attached hydrogens (tertiary/aromatic N) is 2. The number of ketones is 1. The Morgan fingerprint density at radius 3 is 2.47 bits per heavy atom. The SMILES string of the molecule is Cc1ccc(C(=O)c2ccccc2C(=O)Nc2cnn(Cc3ccc(F)cc3Cl)c2)cc1. The number of hydrogen-bond donors (Lipinski definition) is 1. The van der Waals surface area contributed by atoms with Gasteiger partial charge in [0.15, 0.2) is 5.78 Å². The van der Waals surface area contributed by atoms with Gasteiger partial charge in [0, 0.05) is 22.3 Å². The van der Waals surface area contributed by atoms with Crippen LogP contribution in [0, 0.1) is 12.7 Å². The number of hydrogen-bond acceptors (Lipinski definition) is 3. The smallest absolute Gasteiger partial charge is 0.256 e. The van der Waals surface area contributed by atoms with Crippen molar-refractivity contribution in [3.05, 3.63) is 118 Å². The lowest BCUT2D eigenvalue weighted by molar-refractivity contribution is 0.0996. The van der Waals surface area contributed by atoms with Gasteiger partial charge in [-0.2, -0.15) is 5.10 Å². The highest BCUT2D eigenvalue weighted by molar-refractivity contribution is 6.31. The van der Waals surface area contributed by atoms with E-state index < -0.39 is 11.7 Å². The standard InChI is InChI=1S/C25H19ClFN3O2/c1-16-6-8-17(9-7-16)24(31)21-4-2-3-5-22(21)25(32)29-20-13-28-30(15-20)14-18-10-11-19(27)12-23(18)26/h2-13,15H,14H2,1H3,(H,29,32). The number of aromatic nitrogens is 2. The van der Waals surface area contributed by atoms with Crippen LogP contribution < -0.4 is 5.32 Å². The molecule has 0 saturated carbocycles. The zero-order valence-electron chi connectivity index (χ0n) is 17.2. The molecule has 0 radical (unpaired) electrons. The molecule has 0 spiro atoms. The van der Waals surface area contributed by atoms with Gasteiger partial charge < -0.3 is 5.32 Å². The maximum Gasteiger partial charge on any atom is 0.256 e. The van der Waals surface area contributed by atoms with Gasteiger partial charge in [0.1, 0.15) is 5.82 Å². The Balaban J connectivity index is 1.51. The van der Waals surface area contributed by atoms with E-state index in [1.807, 2.05) is 19.1 Å². The molecular weight excluding hydrogens is 429 g/mol. The van der Waals surface area contributed by atoms with Crippen molar-refractivity contribution < 1.29 is 14.0 Å². The molecule has 4 rings (SSSR count). The van der Waals surface area contributed by atoms with Crippen molar-refractivity contribution in [2.45, 2.75) is 13.5 Å². The van der Waals surface area contributed by atoms with Crippen LogP contribution in [-0.2, 0) is 6.54 Å². The number of anilines is 1. The van der Waals surface area contributed by atoms with Crippen LogP contribution >= 0.6 is 11.6 Å². The average Bonchev–Trinajstić information content (AvgIpc) is 3.22. The first-order chi connectivity index (χ1) is 15.4. The van der Waals surface area contributed by atoms with E-state index >= 15 is 0 Å². The maximum atomic E-state index is 13.2. The van der Waals surface area contributed by atoms with Gasteiger partial charge in [0.2, 0.25) is 0 Å². The van der Waals surface area contributed by atoms with Crippen molar-refractivity contribution in [2.75, 3.05) is 5.32 Å². The molecule has 0 atom stereocenters. The first-order valence-electron chi connectivity index (χ1n) is 9.89. The van der Waals surface area contributed by atoms with Gasteiger partial charge in [-0.3, -0.25) is 14.3 Å². The zero-order valence-corrected chi connectivity index (χ0v) is 17.9. The van der Waals surface area contributed by atoms with Crippen molar-refractivity contribution in [1.29, 1.82) is 0 Å². The minimum atomic E-state index is -0.416. The number of halogens is 2. The van der Waals surface area contributed by atoms with Crippen LogP contribution in [0.15, 0.2) is 79.1 Å². The lowest BCUT2D eigenvalue weighted by atomic mass is 9.97. The molecule has 1 N–H and O–H groups in total. The quantitative estimate of drug-likeness (QED) is 0.396. The molecule has 0 unspecified atom stereocenters. The molecule has 0 aliphatic rings. The lowest BCUT2D eigenvalue weighted by Gasteiger charge is -2.09. The van der Waals surface area contributed by atoms with Gasteiger partial charge >= 0.3 is 0 Å². The molecule has 1 amide bonds. The highest BCUT2D eigenvalue weighted by Crippen LogP contribution is 2.20. The molecule has 0 bridgehead atoms. The maximum absolute atomic E-state index is 13.2. The number of amides is 1. The third kappa shape index (κ3) is 4.76. The molecular formula is C25H19ClFN3O2. The summed E-state index contributed by atoms with van der Waals surface area (Å²) in [6.07, 6.45) is 3.14. The van der Waals surface area contributed by atoms with Crippen LogP contribution in [0.1, 0.15) is 37.4 Å². The Labute approximate surface area is 189 Å². The second-order valence-corrected chi connectivity index (χ2v) is 7.76.